The second-order valence-electron chi connectivity index (χ2n) is 7.19. The van der Waals surface area contributed by atoms with Gasteiger partial charge in [-0.25, -0.2) is 0 Å². The van der Waals surface area contributed by atoms with Crippen LogP contribution in [0.5, 0.6) is 0 Å². The van der Waals surface area contributed by atoms with Crippen LogP contribution in [0.15, 0.2) is 24.3 Å². The minimum Gasteiger partial charge on any atom is -0.341 e. The number of likely N-dealkylation sites (tertiary alicyclic amines) is 1. The second-order valence-corrected chi connectivity index (χ2v) is 7.19. The Kier molecular flexibility index (Phi) is 5.64. The summed E-state index contributed by atoms with van der Waals surface area (Å²) in [4.78, 5) is 28.7. The fourth-order valence-corrected chi connectivity index (χ4v) is 4.28. The molecule has 0 radical (unpaired) electrons. The highest BCUT2D eigenvalue weighted by Crippen LogP contribution is 2.28. The summed E-state index contributed by atoms with van der Waals surface area (Å²) < 4.78 is 0. The molecule has 2 amide bonds. The van der Waals surface area contributed by atoms with Crippen molar-refractivity contribution in [3.05, 3.63) is 29.8 Å². The molecule has 2 unspecified atom stereocenters. The summed E-state index contributed by atoms with van der Waals surface area (Å²) >= 11 is 0. The van der Waals surface area contributed by atoms with E-state index in [9.17, 15) is 9.59 Å². The minimum absolute atomic E-state index is 0. The van der Waals surface area contributed by atoms with Crippen molar-refractivity contribution in [3.8, 4) is 0 Å². The van der Waals surface area contributed by atoms with E-state index in [1.165, 1.54) is 18.4 Å². The fraction of sp³-hybridized carbons (Fsp3) is 0.579. The zero-order valence-corrected chi connectivity index (χ0v) is 15.3. The van der Waals surface area contributed by atoms with Crippen LogP contribution in [-0.2, 0) is 16.0 Å². The predicted octanol–water partition coefficient (Wildman–Crippen LogP) is 2.13. The molecule has 2 atom stereocenters. The fourth-order valence-electron chi connectivity index (χ4n) is 4.28. The van der Waals surface area contributed by atoms with Gasteiger partial charge in [0.15, 0.2) is 0 Å². The molecule has 1 aromatic rings. The number of fused-ring (bicyclic) bond motifs is 3. The molecule has 136 valence electrons. The number of carbonyl (C=O) groups excluding carboxylic acids is 2. The summed E-state index contributed by atoms with van der Waals surface area (Å²) in [7, 11) is 0. The van der Waals surface area contributed by atoms with Crippen molar-refractivity contribution < 1.29 is 9.59 Å². The zero-order chi connectivity index (χ0) is 16.5. The quantitative estimate of drug-likeness (QED) is 0.895. The molecule has 0 aliphatic carbocycles. The van der Waals surface area contributed by atoms with Gasteiger partial charge < -0.3 is 15.1 Å². The van der Waals surface area contributed by atoms with Crippen molar-refractivity contribution >= 4 is 29.9 Å². The van der Waals surface area contributed by atoms with Crippen molar-refractivity contribution in [3.63, 3.8) is 0 Å². The number of carbonyl (C=O) groups is 2. The molecule has 3 aliphatic rings. The molecule has 3 heterocycles. The van der Waals surface area contributed by atoms with Gasteiger partial charge in [-0.2, -0.15) is 0 Å². The van der Waals surface area contributed by atoms with Crippen molar-refractivity contribution in [2.45, 2.75) is 50.6 Å². The van der Waals surface area contributed by atoms with Gasteiger partial charge in [0, 0.05) is 50.2 Å². The molecule has 2 saturated heterocycles. The third kappa shape index (κ3) is 3.82. The van der Waals surface area contributed by atoms with Gasteiger partial charge in [0.05, 0.1) is 0 Å². The third-order valence-electron chi connectivity index (χ3n) is 5.62. The summed E-state index contributed by atoms with van der Waals surface area (Å²) in [5.41, 5.74) is 2.19. The summed E-state index contributed by atoms with van der Waals surface area (Å²) in [6.07, 6.45) is 5.23. The van der Waals surface area contributed by atoms with E-state index in [0.29, 0.717) is 31.5 Å². The van der Waals surface area contributed by atoms with Gasteiger partial charge in [-0.15, -0.1) is 12.4 Å². The maximum atomic E-state index is 12.6. The average Bonchev–Trinajstić information content (AvgIpc) is 2.92. The van der Waals surface area contributed by atoms with E-state index < -0.39 is 0 Å². The topological polar surface area (TPSA) is 52.7 Å². The van der Waals surface area contributed by atoms with Crippen molar-refractivity contribution in [2.24, 2.45) is 0 Å². The summed E-state index contributed by atoms with van der Waals surface area (Å²) in [6.45, 7) is 2.16. The largest absolute Gasteiger partial charge is 0.341 e. The Morgan fingerprint density at radius 3 is 2.80 bits per heavy atom. The lowest BCUT2D eigenvalue weighted by atomic mass is 10.0. The molecule has 0 saturated carbocycles. The third-order valence-corrected chi connectivity index (χ3v) is 5.62. The van der Waals surface area contributed by atoms with Crippen molar-refractivity contribution in [1.29, 1.82) is 0 Å². The maximum Gasteiger partial charge on any atom is 0.227 e. The van der Waals surface area contributed by atoms with Crippen LogP contribution in [-0.4, -0.2) is 48.4 Å². The molecule has 1 aromatic carbocycles. The van der Waals surface area contributed by atoms with Crippen LogP contribution in [0, 0.1) is 0 Å². The number of rotatable bonds is 3. The number of anilines is 1. The van der Waals surface area contributed by atoms with E-state index in [2.05, 4.69) is 11.4 Å². The average molecular weight is 364 g/mol. The molecule has 0 spiro atoms. The van der Waals surface area contributed by atoms with Crippen molar-refractivity contribution in [1.82, 2.24) is 10.2 Å². The van der Waals surface area contributed by atoms with Crippen molar-refractivity contribution in [2.75, 3.05) is 24.5 Å². The monoisotopic (exact) mass is 363 g/mol. The first-order chi connectivity index (χ1) is 11.7. The minimum atomic E-state index is 0. The zero-order valence-electron chi connectivity index (χ0n) is 14.4. The summed E-state index contributed by atoms with van der Waals surface area (Å²) in [5.74, 6) is 0.318. The SMILES string of the molecule is Cl.O=C(CCN1C(=O)CCc2ccccc21)N1CCC2CCC(C1)N2. The number of amides is 2. The van der Waals surface area contributed by atoms with E-state index in [1.807, 2.05) is 23.1 Å². The van der Waals surface area contributed by atoms with Gasteiger partial charge in [0.1, 0.15) is 0 Å². The molecule has 5 nitrogen and oxygen atoms in total. The number of nitrogens with zero attached hydrogens (tertiary/aromatic N) is 2. The highest BCUT2D eigenvalue weighted by atomic mass is 35.5. The second kappa shape index (κ2) is 7.75. The number of benzene rings is 1. The van der Waals surface area contributed by atoms with E-state index in [-0.39, 0.29) is 24.2 Å². The van der Waals surface area contributed by atoms with E-state index >= 15 is 0 Å². The van der Waals surface area contributed by atoms with E-state index in [4.69, 9.17) is 0 Å². The highest BCUT2D eigenvalue weighted by Gasteiger charge is 2.31. The number of aryl methyl sites for hydroxylation is 1. The molecule has 4 rings (SSSR count). The number of hydrogen-bond donors (Lipinski definition) is 1. The van der Waals surface area contributed by atoms with Crippen LogP contribution in [0.25, 0.3) is 0 Å². The Hall–Kier alpha value is -1.59. The van der Waals surface area contributed by atoms with Crippen LogP contribution < -0.4 is 10.2 Å². The molecule has 2 fully saturated rings. The lowest BCUT2D eigenvalue weighted by Crippen LogP contribution is -2.42. The standard InChI is InChI=1S/C19H25N3O2.ClH/c23-18(21-11-9-15-6-7-16(13-21)20-15)10-12-22-17-4-2-1-3-14(17)5-8-19(22)24;/h1-4,15-16,20H,5-13H2;1H. The molecule has 25 heavy (non-hydrogen) atoms. The van der Waals surface area contributed by atoms with Gasteiger partial charge in [-0.05, 0) is 37.3 Å². The molecule has 6 heteroatoms. The van der Waals surface area contributed by atoms with E-state index in [1.54, 1.807) is 4.90 Å². The summed E-state index contributed by atoms with van der Waals surface area (Å²) in [5, 5.41) is 3.60. The van der Waals surface area contributed by atoms with Gasteiger partial charge in [0.2, 0.25) is 11.8 Å². The Bertz CT molecular complexity index is 651. The number of hydrogen-bond acceptors (Lipinski definition) is 3. The maximum absolute atomic E-state index is 12.6. The van der Waals surface area contributed by atoms with E-state index in [0.717, 1.165) is 31.6 Å². The van der Waals surface area contributed by atoms with Crippen LogP contribution in [0.2, 0.25) is 0 Å². The van der Waals surface area contributed by atoms with Gasteiger partial charge >= 0.3 is 0 Å². The highest BCUT2D eigenvalue weighted by molar-refractivity contribution is 5.97. The van der Waals surface area contributed by atoms with Crippen LogP contribution in [0.1, 0.15) is 37.7 Å². The molecule has 1 N–H and O–H groups in total. The normalized spacial score (nSPS) is 25.2. The molecule has 3 aliphatic heterocycles. The first kappa shape index (κ1) is 18.2. The number of para-hydroxylation sites is 1. The molecule has 2 bridgehead atoms. The van der Waals surface area contributed by atoms with Crippen LogP contribution in [0.4, 0.5) is 5.69 Å². The first-order valence-electron chi connectivity index (χ1n) is 9.13. The van der Waals surface area contributed by atoms with Gasteiger partial charge in [-0.3, -0.25) is 9.59 Å². The summed E-state index contributed by atoms with van der Waals surface area (Å²) in [6, 6.07) is 9.09. The number of nitrogens with one attached hydrogen (secondary N) is 1. The lowest BCUT2D eigenvalue weighted by molar-refractivity contribution is -0.131. The first-order valence-corrected chi connectivity index (χ1v) is 9.13. The molecular formula is C19H26ClN3O2. The molecule has 0 aromatic heterocycles. The smallest absolute Gasteiger partial charge is 0.227 e. The Morgan fingerprint density at radius 2 is 1.92 bits per heavy atom. The van der Waals surface area contributed by atoms with Crippen LogP contribution >= 0.6 is 12.4 Å². The Balaban J connectivity index is 0.00000182. The Labute approximate surface area is 155 Å². The van der Waals surface area contributed by atoms with Gasteiger partial charge in [0.25, 0.3) is 0 Å². The molecular weight excluding hydrogens is 338 g/mol. The lowest BCUT2D eigenvalue weighted by Gasteiger charge is -2.30. The van der Waals surface area contributed by atoms with Crippen LogP contribution in [0.3, 0.4) is 0 Å². The van der Waals surface area contributed by atoms with Gasteiger partial charge in [-0.1, -0.05) is 18.2 Å². The number of halogens is 1. The Morgan fingerprint density at radius 1 is 1.12 bits per heavy atom. The predicted molar refractivity (Wildman–Crippen MR) is 100 cm³/mol.